The number of amides is 2. The largest absolute Gasteiger partial charge is 0.349 e. The zero-order valence-electron chi connectivity index (χ0n) is 13.2. The highest BCUT2D eigenvalue weighted by molar-refractivity contribution is 7.91. The Balaban J connectivity index is 1.91. The Morgan fingerprint density at radius 2 is 1.92 bits per heavy atom. The van der Waals surface area contributed by atoms with E-state index in [9.17, 15) is 18.0 Å². The number of thiophene rings is 1. The standard InChI is InChI=1S/C15H16ClN3O4S2/c1-9(19-15(21)11-4-2-3-5-12(11)16)14(20)18-8-10-6-7-13(24-10)25(17,22)23/h2-7,9H,8H2,1H3,(H,18,20)(H,19,21)(H2,17,22,23)/t9-/m0/s1. The molecule has 0 fully saturated rings. The van der Waals surface area contributed by atoms with Crippen LogP contribution in [0.5, 0.6) is 0 Å². The van der Waals surface area contributed by atoms with Gasteiger partial charge in [-0.3, -0.25) is 9.59 Å². The minimum absolute atomic E-state index is 0.0248. The van der Waals surface area contributed by atoms with Crippen LogP contribution in [0.25, 0.3) is 0 Å². The van der Waals surface area contributed by atoms with E-state index in [4.69, 9.17) is 16.7 Å². The van der Waals surface area contributed by atoms with Crippen molar-refractivity contribution in [1.82, 2.24) is 10.6 Å². The molecule has 4 N–H and O–H groups in total. The molecule has 1 aromatic heterocycles. The molecule has 0 aliphatic rings. The van der Waals surface area contributed by atoms with Gasteiger partial charge in [0, 0.05) is 4.88 Å². The highest BCUT2D eigenvalue weighted by Gasteiger charge is 2.18. The predicted molar refractivity (Wildman–Crippen MR) is 95.9 cm³/mol. The molecule has 25 heavy (non-hydrogen) atoms. The zero-order valence-corrected chi connectivity index (χ0v) is 15.5. The van der Waals surface area contributed by atoms with Gasteiger partial charge in [-0.25, -0.2) is 13.6 Å². The Hall–Kier alpha value is -1.94. The first kappa shape index (κ1) is 19.4. The van der Waals surface area contributed by atoms with Crippen molar-refractivity contribution in [2.45, 2.75) is 23.7 Å². The van der Waals surface area contributed by atoms with Crippen molar-refractivity contribution in [3.05, 3.63) is 51.9 Å². The SMILES string of the molecule is C[C@H](NC(=O)c1ccccc1Cl)C(=O)NCc1ccc(S(N)(=O)=O)s1. The molecule has 2 aromatic rings. The van der Waals surface area contributed by atoms with Gasteiger partial charge in [0.15, 0.2) is 0 Å². The summed E-state index contributed by atoms with van der Waals surface area (Å²) in [6.45, 7) is 1.67. The Morgan fingerprint density at radius 3 is 2.52 bits per heavy atom. The third-order valence-electron chi connectivity index (χ3n) is 3.21. The Bertz CT molecular complexity index is 896. The van der Waals surface area contributed by atoms with Crippen LogP contribution in [0.15, 0.2) is 40.6 Å². The number of nitrogens with two attached hydrogens (primary N) is 1. The summed E-state index contributed by atoms with van der Waals surface area (Å²) in [6.07, 6.45) is 0. The Kier molecular flexibility index (Phi) is 6.17. The molecule has 2 amide bonds. The smallest absolute Gasteiger partial charge is 0.253 e. The van der Waals surface area contributed by atoms with Crippen molar-refractivity contribution in [3.8, 4) is 0 Å². The van der Waals surface area contributed by atoms with E-state index in [2.05, 4.69) is 10.6 Å². The normalized spacial score (nSPS) is 12.4. The lowest BCUT2D eigenvalue weighted by molar-refractivity contribution is -0.122. The topological polar surface area (TPSA) is 118 Å². The number of rotatable bonds is 6. The van der Waals surface area contributed by atoms with Crippen molar-refractivity contribution in [3.63, 3.8) is 0 Å². The number of carbonyl (C=O) groups is 2. The van der Waals surface area contributed by atoms with Crippen LogP contribution in [0.2, 0.25) is 5.02 Å². The third kappa shape index (κ3) is 5.27. The van der Waals surface area contributed by atoms with Gasteiger partial charge >= 0.3 is 0 Å². The lowest BCUT2D eigenvalue weighted by Gasteiger charge is -2.14. The molecule has 0 radical (unpaired) electrons. The van der Waals surface area contributed by atoms with Gasteiger partial charge in [-0.1, -0.05) is 23.7 Å². The number of primary sulfonamides is 1. The maximum Gasteiger partial charge on any atom is 0.253 e. The van der Waals surface area contributed by atoms with Crippen LogP contribution in [-0.2, 0) is 21.4 Å². The first-order valence-corrected chi connectivity index (χ1v) is 9.87. The Morgan fingerprint density at radius 1 is 1.24 bits per heavy atom. The van der Waals surface area contributed by atoms with Gasteiger partial charge in [-0.15, -0.1) is 11.3 Å². The van der Waals surface area contributed by atoms with Crippen LogP contribution in [0.4, 0.5) is 0 Å². The van der Waals surface area contributed by atoms with E-state index < -0.39 is 27.9 Å². The first-order valence-electron chi connectivity index (χ1n) is 7.13. The van der Waals surface area contributed by atoms with Crippen LogP contribution >= 0.6 is 22.9 Å². The maximum absolute atomic E-state index is 12.1. The summed E-state index contributed by atoms with van der Waals surface area (Å²) in [5.74, 6) is -0.869. The van der Waals surface area contributed by atoms with Crippen LogP contribution < -0.4 is 15.8 Å². The van der Waals surface area contributed by atoms with Crippen LogP contribution in [-0.4, -0.2) is 26.3 Å². The van der Waals surface area contributed by atoms with Crippen molar-refractivity contribution in [2.75, 3.05) is 0 Å². The van der Waals surface area contributed by atoms with Gasteiger partial charge in [0.05, 0.1) is 17.1 Å². The quantitative estimate of drug-likeness (QED) is 0.679. The molecule has 0 spiro atoms. The zero-order chi connectivity index (χ0) is 18.6. The number of benzene rings is 1. The Labute approximate surface area is 154 Å². The lowest BCUT2D eigenvalue weighted by Crippen LogP contribution is -2.44. The predicted octanol–water partition coefficient (Wildman–Crippen LogP) is 1.48. The number of hydrogen-bond acceptors (Lipinski definition) is 5. The molecule has 1 heterocycles. The number of carbonyl (C=O) groups excluding carboxylic acids is 2. The highest BCUT2D eigenvalue weighted by Crippen LogP contribution is 2.20. The van der Waals surface area contributed by atoms with Gasteiger partial charge in [0.1, 0.15) is 10.3 Å². The fourth-order valence-electron chi connectivity index (χ4n) is 1.92. The van der Waals surface area contributed by atoms with Crippen LogP contribution in [0.1, 0.15) is 22.2 Å². The molecule has 2 rings (SSSR count). The molecular weight excluding hydrogens is 386 g/mol. The van der Waals surface area contributed by atoms with E-state index in [1.807, 2.05) is 0 Å². The first-order chi connectivity index (χ1) is 11.7. The van der Waals surface area contributed by atoms with Crippen molar-refractivity contribution >= 4 is 44.8 Å². The molecule has 0 bridgehead atoms. The summed E-state index contributed by atoms with van der Waals surface area (Å²) in [5.41, 5.74) is 0.278. The fraction of sp³-hybridized carbons (Fsp3) is 0.200. The second-order valence-corrected chi connectivity index (χ2v) is 8.52. The van der Waals surface area contributed by atoms with Crippen molar-refractivity contribution in [2.24, 2.45) is 5.14 Å². The van der Waals surface area contributed by atoms with Gasteiger partial charge in [0.25, 0.3) is 5.91 Å². The summed E-state index contributed by atoms with van der Waals surface area (Å²) in [4.78, 5) is 24.8. The molecule has 0 aliphatic carbocycles. The average Bonchev–Trinajstić information content (AvgIpc) is 3.02. The molecule has 0 aliphatic heterocycles. The van der Waals surface area contributed by atoms with Gasteiger partial charge < -0.3 is 10.6 Å². The number of nitrogens with one attached hydrogen (secondary N) is 2. The van der Waals surface area contributed by atoms with Gasteiger partial charge in [-0.05, 0) is 31.2 Å². The van der Waals surface area contributed by atoms with Gasteiger partial charge in [0.2, 0.25) is 15.9 Å². The molecule has 0 saturated carbocycles. The van der Waals surface area contributed by atoms with Crippen LogP contribution in [0, 0.1) is 0 Å². The van der Waals surface area contributed by atoms with E-state index >= 15 is 0 Å². The third-order valence-corrected chi connectivity index (χ3v) is 6.07. The molecule has 10 heteroatoms. The van der Waals surface area contributed by atoms with Gasteiger partial charge in [-0.2, -0.15) is 0 Å². The average molecular weight is 402 g/mol. The number of hydrogen-bond donors (Lipinski definition) is 3. The van der Waals surface area contributed by atoms with Crippen LogP contribution in [0.3, 0.4) is 0 Å². The van der Waals surface area contributed by atoms with Crippen molar-refractivity contribution < 1.29 is 18.0 Å². The maximum atomic E-state index is 12.1. The van der Waals surface area contributed by atoms with E-state index in [1.165, 1.54) is 13.0 Å². The van der Waals surface area contributed by atoms with E-state index in [0.717, 1.165) is 11.3 Å². The summed E-state index contributed by atoms with van der Waals surface area (Å²) < 4.78 is 22.5. The van der Waals surface area contributed by atoms with Crippen molar-refractivity contribution in [1.29, 1.82) is 0 Å². The molecular formula is C15H16ClN3O4S2. The van der Waals surface area contributed by atoms with E-state index in [-0.39, 0.29) is 16.3 Å². The molecule has 1 aromatic carbocycles. The minimum Gasteiger partial charge on any atom is -0.349 e. The number of sulfonamides is 1. The monoisotopic (exact) mass is 401 g/mol. The summed E-state index contributed by atoms with van der Waals surface area (Å²) in [5, 5.41) is 10.5. The highest BCUT2D eigenvalue weighted by atomic mass is 35.5. The fourth-order valence-corrected chi connectivity index (χ4v) is 3.86. The second-order valence-electron chi connectivity index (χ2n) is 5.16. The molecule has 1 atom stereocenters. The van der Waals surface area contributed by atoms with E-state index in [0.29, 0.717) is 9.90 Å². The molecule has 0 unspecified atom stereocenters. The molecule has 7 nitrogen and oxygen atoms in total. The number of halogens is 1. The van der Waals surface area contributed by atoms with E-state index in [1.54, 1.807) is 30.3 Å². The molecule has 0 saturated heterocycles. The summed E-state index contributed by atoms with van der Waals surface area (Å²) in [6, 6.07) is 8.67. The second kappa shape index (κ2) is 7.96. The minimum atomic E-state index is -3.75. The molecule has 134 valence electrons. The lowest BCUT2D eigenvalue weighted by atomic mass is 10.2. The summed E-state index contributed by atoms with van der Waals surface area (Å²) in [7, 11) is -3.75. The summed E-state index contributed by atoms with van der Waals surface area (Å²) >= 11 is 6.92.